The lowest BCUT2D eigenvalue weighted by Gasteiger charge is -2.37. The second-order valence-corrected chi connectivity index (χ2v) is 10.9. The Balaban J connectivity index is 2.01. The Morgan fingerprint density at radius 3 is 2.41 bits per heavy atom. The van der Waals surface area contributed by atoms with Crippen LogP contribution in [0.4, 0.5) is 0 Å². The van der Waals surface area contributed by atoms with Crippen molar-refractivity contribution in [2.45, 2.75) is 88.9 Å². The van der Waals surface area contributed by atoms with E-state index in [-0.39, 0.29) is 24.3 Å². The highest BCUT2D eigenvalue weighted by Crippen LogP contribution is 2.64. The molecule has 3 rings (SSSR count). The summed E-state index contributed by atoms with van der Waals surface area (Å²) in [7, 11) is 1.74. The number of ether oxygens (including phenoxy) is 1. The van der Waals surface area contributed by atoms with Crippen molar-refractivity contribution in [1.82, 2.24) is 14.7 Å². The monoisotopic (exact) mass is 517 g/mol. The summed E-state index contributed by atoms with van der Waals surface area (Å²) in [5.41, 5.74) is -1.72. The molecule has 2 unspecified atom stereocenters. The van der Waals surface area contributed by atoms with Crippen molar-refractivity contribution in [3.05, 3.63) is 25.3 Å². The molecule has 2 bridgehead atoms. The van der Waals surface area contributed by atoms with Gasteiger partial charge in [-0.15, -0.1) is 13.2 Å². The molecular formula is C29H47N3O5. The highest BCUT2D eigenvalue weighted by atomic mass is 16.5. The van der Waals surface area contributed by atoms with Gasteiger partial charge in [0, 0.05) is 39.8 Å². The lowest BCUT2D eigenvalue weighted by molar-refractivity contribution is -0.154. The van der Waals surface area contributed by atoms with Crippen LogP contribution >= 0.6 is 0 Å². The van der Waals surface area contributed by atoms with E-state index in [0.717, 1.165) is 38.5 Å². The fourth-order valence-electron chi connectivity index (χ4n) is 6.85. The predicted molar refractivity (Wildman–Crippen MR) is 144 cm³/mol. The van der Waals surface area contributed by atoms with Gasteiger partial charge in [-0.05, 0) is 38.5 Å². The summed E-state index contributed by atoms with van der Waals surface area (Å²) in [6.07, 6.45) is 10.3. The Hall–Kier alpha value is -2.19. The molecule has 1 spiro atoms. The number of unbranched alkanes of at least 4 members (excludes halogenated alkanes) is 4. The molecule has 8 nitrogen and oxygen atoms in total. The number of amides is 3. The molecule has 37 heavy (non-hydrogen) atoms. The number of nitrogens with zero attached hydrogens (tertiary/aromatic N) is 3. The second kappa shape index (κ2) is 12.6. The molecule has 0 aliphatic carbocycles. The van der Waals surface area contributed by atoms with Gasteiger partial charge in [0.25, 0.3) is 0 Å². The Kier molecular flexibility index (Phi) is 9.98. The minimum atomic E-state index is -0.990. The Morgan fingerprint density at radius 2 is 1.78 bits per heavy atom. The van der Waals surface area contributed by atoms with Crippen LogP contribution < -0.4 is 0 Å². The molecule has 3 aliphatic rings. The number of rotatable bonds is 16. The van der Waals surface area contributed by atoms with E-state index in [1.807, 2.05) is 6.92 Å². The maximum Gasteiger partial charge on any atom is 0.248 e. The molecule has 8 heteroatoms. The van der Waals surface area contributed by atoms with E-state index in [0.29, 0.717) is 45.4 Å². The highest BCUT2D eigenvalue weighted by molar-refractivity contribution is 5.99. The number of aliphatic hydroxyl groups excluding tert-OH is 1. The fraction of sp³-hybridized carbons (Fsp3) is 0.759. The number of carbonyl (C=O) groups is 3. The quantitative estimate of drug-likeness (QED) is 0.251. The molecule has 0 aromatic heterocycles. The molecule has 3 heterocycles. The number of hydrogen-bond donors (Lipinski definition) is 1. The summed E-state index contributed by atoms with van der Waals surface area (Å²) in [4.78, 5) is 47.3. The second-order valence-electron chi connectivity index (χ2n) is 10.9. The smallest absolute Gasteiger partial charge is 0.248 e. The van der Waals surface area contributed by atoms with Crippen LogP contribution in [0.15, 0.2) is 25.3 Å². The van der Waals surface area contributed by atoms with E-state index >= 15 is 0 Å². The summed E-state index contributed by atoms with van der Waals surface area (Å²) in [5, 5.41) is 9.13. The van der Waals surface area contributed by atoms with Gasteiger partial charge in [0.15, 0.2) is 0 Å². The van der Waals surface area contributed by atoms with Crippen molar-refractivity contribution in [1.29, 1.82) is 0 Å². The molecule has 5 atom stereocenters. The van der Waals surface area contributed by atoms with Crippen LogP contribution in [0, 0.1) is 11.8 Å². The van der Waals surface area contributed by atoms with Crippen molar-refractivity contribution in [2.75, 3.05) is 39.8 Å². The molecule has 0 saturated carbocycles. The van der Waals surface area contributed by atoms with Gasteiger partial charge in [-0.2, -0.15) is 0 Å². The highest BCUT2D eigenvalue weighted by Gasteiger charge is 2.78. The first kappa shape index (κ1) is 29.4. The zero-order valence-electron chi connectivity index (χ0n) is 23.1. The number of hydrogen-bond acceptors (Lipinski definition) is 5. The lowest BCUT2D eigenvalue weighted by atomic mass is 9.64. The van der Waals surface area contributed by atoms with Crippen LogP contribution in [0.3, 0.4) is 0 Å². The molecule has 1 N–H and O–H groups in total. The van der Waals surface area contributed by atoms with Crippen molar-refractivity contribution in [3.63, 3.8) is 0 Å². The van der Waals surface area contributed by atoms with Gasteiger partial charge in [-0.3, -0.25) is 14.4 Å². The zero-order valence-corrected chi connectivity index (χ0v) is 23.1. The number of likely N-dealkylation sites (tertiary alicyclic amines) is 1. The van der Waals surface area contributed by atoms with Crippen LogP contribution in [0.2, 0.25) is 0 Å². The van der Waals surface area contributed by atoms with Crippen molar-refractivity contribution in [3.8, 4) is 0 Å². The molecule has 208 valence electrons. The zero-order chi connectivity index (χ0) is 27.2. The van der Waals surface area contributed by atoms with E-state index < -0.39 is 29.1 Å². The molecule has 3 amide bonds. The van der Waals surface area contributed by atoms with Crippen molar-refractivity contribution >= 4 is 17.7 Å². The van der Waals surface area contributed by atoms with Gasteiger partial charge in [0.2, 0.25) is 17.7 Å². The number of fused-ring (bicyclic) bond motifs is 1. The van der Waals surface area contributed by atoms with Crippen LogP contribution in [0.25, 0.3) is 0 Å². The minimum Gasteiger partial charge on any atom is -0.396 e. The maximum atomic E-state index is 14.2. The van der Waals surface area contributed by atoms with E-state index in [1.165, 1.54) is 0 Å². The van der Waals surface area contributed by atoms with Crippen molar-refractivity contribution in [2.24, 2.45) is 11.8 Å². The standard InChI is InChI=1S/C29H47N3O5/c1-6-10-19-31(18-8-3)27(36)24-29-16-15-28(9-4,37-29)22(25(34)30(5)17-7-2)23(29)26(35)32(24)20-13-11-12-14-21-33/h7-8,22-24,33H,2-3,6,9-21H2,1,4-5H3/t22-,23+,24?,28+,29?/m1/s1. The van der Waals surface area contributed by atoms with Crippen LogP contribution in [-0.2, 0) is 19.1 Å². The normalized spacial score (nSPS) is 29.9. The molecule has 3 fully saturated rings. The predicted octanol–water partition coefficient (Wildman–Crippen LogP) is 3.15. The van der Waals surface area contributed by atoms with Crippen molar-refractivity contribution < 1.29 is 24.2 Å². The number of aliphatic hydroxyl groups is 1. The van der Waals surface area contributed by atoms with Crippen LogP contribution in [-0.4, -0.2) is 94.6 Å². The van der Waals surface area contributed by atoms with Gasteiger partial charge < -0.3 is 24.5 Å². The van der Waals surface area contributed by atoms with E-state index in [4.69, 9.17) is 9.84 Å². The average molecular weight is 518 g/mol. The molecule has 0 aromatic rings. The largest absolute Gasteiger partial charge is 0.396 e. The van der Waals surface area contributed by atoms with E-state index in [1.54, 1.807) is 33.9 Å². The summed E-state index contributed by atoms with van der Waals surface area (Å²) in [5.74, 6) is -1.61. The van der Waals surface area contributed by atoms with Gasteiger partial charge in [-0.1, -0.05) is 45.3 Å². The summed E-state index contributed by atoms with van der Waals surface area (Å²) >= 11 is 0. The summed E-state index contributed by atoms with van der Waals surface area (Å²) < 4.78 is 6.85. The maximum absolute atomic E-state index is 14.2. The first-order valence-electron chi connectivity index (χ1n) is 14.2. The molecule has 0 radical (unpaired) electrons. The van der Waals surface area contributed by atoms with Crippen LogP contribution in [0.5, 0.6) is 0 Å². The minimum absolute atomic E-state index is 0.0981. The summed E-state index contributed by atoms with van der Waals surface area (Å²) in [6, 6.07) is -0.740. The number of carbonyl (C=O) groups excluding carboxylic acids is 3. The first-order valence-corrected chi connectivity index (χ1v) is 14.2. The SMILES string of the molecule is C=CCN(C)C(=O)[C@H]1[C@H]2C(=O)N(CCCCCCO)C(C(=O)N(CC=C)CCCC)C23CC[C@]1(CC)O3. The molecule has 0 aromatic carbocycles. The Bertz CT molecular complexity index is 862. The Labute approximate surface area is 222 Å². The first-order chi connectivity index (χ1) is 17.8. The van der Waals surface area contributed by atoms with Gasteiger partial charge in [-0.25, -0.2) is 0 Å². The van der Waals surface area contributed by atoms with E-state index in [9.17, 15) is 14.4 Å². The van der Waals surface area contributed by atoms with Gasteiger partial charge in [0.1, 0.15) is 11.6 Å². The Morgan fingerprint density at radius 1 is 1.08 bits per heavy atom. The fourth-order valence-corrected chi connectivity index (χ4v) is 6.85. The number of likely N-dealkylation sites (N-methyl/N-ethyl adjacent to an activating group) is 1. The topological polar surface area (TPSA) is 90.4 Å². The molecular weight excluding hydrogens is 470 g/mol. The third-order valence-corrected chi connectivity index (χ3v) is 8.71. The molecule has 3 saturated heterocycles. The van der Waals surface area contributed by atoms with Gasteiger partial charge >= 0.3 is 0 Å². The van der Waals surface area contributed by atoms with E-state index in [2.05, 4.69) is 20.1 Å². The summed E-state index contributed by atoms with van der Waals surface area (Å²) in [6.45, 7) is 13.7. The average Bonchev–Trinajstić information content (AvgIpc) is 3.49. The van der Waals surface area contributed by atoms with Gasteiger partial charge in [0.05, 0.1) is 17.4 Å². The molecule has 3 aliphatic heterocycles. The third kappa shape index (κ3) is 5.24. The van der Waals surface area contributed by atoms with Crippen LogP contribution in [0.1, 0.15) is 71.6 Å². The lowest BCUT2D eigenvalue weighted by Crippen LogP contribution is -2.56. The third-order valence-electron chi connectivity index (χ3n) is 8.71.